The smallest absolute Gasteiger partial charge is 0.376 e. The number of amides is 1. The molecule has 0 radical (unpaired) electrons. The molecule has 2 aromatic carbocycles. The molecule has 0 bridgehead atoms. The molecule has 0 unspecified atom stereocenters. The first-order chi connectivity index (χ1) is 13.0. The van der Waals surface area contributed by atoms with E-state index in [0.29, 0.717) is 0 Å². The standard InChI is InChI=1S/C20H20N2O5/c21-18(23)10-9-17(22-26)19(24)20(25)27-11-16-14-7-3-1-5-12(14)13-6-2-4-8-15(13)16/h1-8,16-17,22,26H,9-11H2,(H2,21,23)/t17-/m0/s1. The molecule has 7 nitrogen and oxygen atoms in total. The molecule has 0 aromatic heterocycles. The topological polar surface area (TPSA) is 119 Å². The van der Waals surface area contributed by atoms with Crippen molar-refractivity contribution in [2.75, 3.05) is 6.61 Å². The van der Waals surface area contributed by atoms with Gasteiger partial charge in [0.25, 0.3) is 5.78 Å². The molecule has 0 aliphatic heterocycles. The van der Waals surface area contributed by atoms with Crippen LogP contribution in [-0.4, -0.2) is 35.5 Å². The fourth-order valence-corrected chi connectivity index (χ4v) is 3.35. The molecular formula is C20H20N2O5. The highest BCUT2D eigenvalue weighted by Gasteiger charge is 2.31. The third kappa shape index (κ3) is 3.89. The first-order valence-electron chi connectivity index (χ1n) is 8.60. The molecule has 0 heterocycles. The lowest BCUT2D eigenvalue weighted by molar-refractivity contribution is -0.156. The normalized spacial score (nSPS) is 13.5. The number of benzene rings is 2. The van der Waals surface area contributed by atoms with E-state index in [1.165, 1.54) is 0 Å². The average molecular weight is 368 g/mol. The summed E-state index contributed by atoms with van der Waals surface area (Å²) in [5, 5.41) is 9.07. The Bertz CT molecular complexity index is 835. The summed E-state index contributed by atoms with van der Waals surface area (Å²) >= 11 is 0. The molecule has 2 aromatic rings. The van der Waals surface area contributed by atoms with Gasteiger partial charge in [0.05, 0.1) is 0 Å². The van der Waals surface area contributed by atoms with Crippen LogP contribution in [0, 0.1) is 0 Å². The van der Waals surface area contributed by atoms with Crippen molar-refractivity contribution in [1.29, 1.82) is 0 Å². The maximum absolute atomic E-state index is 12.1. The van der Waals surface area contributed by atoms with Gasteiger partial charge in [0.2, 0.25) is 5.91 Å². The van der Waals surface area contributed by atoms with E-state index in [1.54, 1.807) is 5.48 Å². The number of nitrogens with one attached hydrogen (secondary N) is 1. The molecule has 4 N–H and O–H groups in total. The van der Waals surface area contributed by atoms with Crippen molar-refractivity contribution in [3.63, 3.8) is 0 Å². The summed E-state index contributed by atoms with van der Waals surface area (Å²) in [4.78, 5) is 35.1. The lowest BCUT2D eigenvalue weighted by Gasteiger charge is -2.16. The summed E-state index contributed by atoms with van der Waals surface area (Å²) in [5.41, 5.74) is 11.0. The van der Waals surface area contributed by atoms with E-state index in [2.05, 4.69) is 0 Å². The van der Waals surface area contributed by atoms with E-state index in [1.807, 2.05) is 48.5 Å². The Morgan fingerprint density at radius 2 is 1.59 bits per heavy atom. The number of ketones is 1. The molecule has 1 atom stereocenters. The number of primary amides is 1. The highest BCUT2D eigenvalue weighted by atomic mass is 16.5. The van der Waals surface area contributed by atoms with Crippen molar-refractivity contribution in [2.24, 2.45) is 5.73 Å². The zero-order valence-electron chi connectivity index (χ0n) is 14.6. The number of ether oxygens (including phenoxy) is 1. The number of Topliss-reactive ketones (excluding diaryl/α,β-unsaturated/α-hetero) is 1. The molecule has 27 heavy (non-hydrogen) atoms. The van der Waals surface area contributed by atoms with Gasteiger partial charge < -0.3 is 15.7 Å². The Labute approximate surface area is 156 Å². The lowest BCUT2D eigenvalue weighted by atomic mass is 9.98. The summed E-state index contributed by atoms with van der Waals surface area (Å²) in [5.74, 6) is -2.80. The maximum Gasteiger partial charge on any atom is 0.376 e. The molecule has 1 aliphatic rings. The average Bonchev–Trinajstić information content (AvgIpc) is 3.00. The van der Waals surface area contributed by atoms with Gasteiger partial charge in [0.15, 0.2) is 0 Å². The van der Waals surface area contributed by atoms with Crippen LogP contribution in [0.5, 0.6) is 0 Å². The number of fused-ring (bicyclic) bond motifs is 3. The van der Waals surface area contributed by atoms with Crippen LogP contribution in [0.25, 0.3) is 11.1 Å². The van der Waals surface area contributed by atoms with Gasteiger partial charge in [-0.15, -0.1) is 0 Å². The summed E-state index contributed by atoms with van der Waals surface area (Å²) in [6.07, 6.45) is -0.227. The summed E-state index contributed by atoms with van der Waals surface area (Å²) < 4.78 is 5.24. The molecule has 140 valence electrons. The minimum absolute atomic E-state index is 0.00652. The molecule has 0 saturated heterocycles. The number of hydrogen-bond donors (Lipinski definition) is 3. The number of hydrogen-bond acceptors (Lipinski definition) is 6. The minimum Gasteiger partial charge on any atom is -0.459 e. The summed E-state index contributed by atoms with van der Waals surface area (Å²) in [7, 11) is 0. The van der Waals surface area contributed by atoms with E-state index >= 15 is 0 Å². The van der Waals surface area contributed by atoms with Gasteiger partial charge in [-0.25, -0.2) is 4.79 Å². The quantitative estimate of drug-likeness (QED) is 0.369. The number of esters is 1. The second-order valence-electron chi connectivity index (χ2n) is 6.38. The van der Waals surface area contributed by atoms with Gasteiger partial charge >= 0.3 is 5.97 Å². The van der Waals surface area contributed by atoms with E-state index < -0.39 is 23.7 Å². The van der Waals surface area contributed by atoms with Crippen LogP contribution >= 0.6 is 0 Å². The van der Waals surface area contributed by atoms with Crippen LogP contribution < -0.4 is 11.2 Å². The Hall–Kier alpha value is -3.03. The van der Waals surface area contributed by atoms with Crippen LogP contribution in [0.3, 0.4) is 0 Å². The Balaban J connectivity index is 1.70. The molecule has 1 amide bonds. The van der Waals surface area contributed by atoms with Gasteiger partial charge in [-0.05, 0) is 28.7 Å². The van der Waals surface area contributed by atoms with Crippen molar-refractivity contribution in [3.05, 3.63) is 59.7 Å². The predicted molar refractivity (Wildman–Crippen MR) is 96.8 cm³/mol. The van der Waals surface area contributed by atoms with E-state index in [-0.39, 0.29) is 25.4 Å². The van der Waals surface area contributed by atoms with Crippen molar-refractivity contribution in [1.82, 2.24) is 5.48 Å². The number of rotatable bonds is 8. The fraction of sp³-hybridized carbons (Fsp3) is 0.250. The van der Waals surface area contributed by atoms with Gasteiger partial charge in [-0.3, -0.25) is 9.59 Å². The molecule has 0 saturated carbocycles. The van der Waals surface area contributed by atoms with Gasteiger partial charge in [0, 0.05) is 12.3 Å². The number of nitrogens with two attached hydrogens (primary N) is 1. The third-order valence-corrected chi connectivity index (χ3v) is 4.70. The highest BCUT2D eigenvalue weighted by Crippen LogP contribution is 2.44. The van der Waals surface area contributed by atoms with Crippen molar-refractivity contribution < 1.29 is 24.3 Å². The van der Waals surface area contributed by atoms with E-state index in [9.17, 15) is 14.4 Å². The molecule has 7 heteroatoms. The van der Waals surface area contributed by atoms with Crippen molar-refractivity contribution >= 4 is 17.7 Å². The van der Waals surface area contributed by atoms with Crippen LogP contribution in [0.4, 0.5) is 0 Å². The molecular weight excluding hydrogens is 348 g/mol. The zero-order chi connectivity index (χ0) is 19.4. The van der Waals surface area contributed by atoms with E-state index in [4.69, 9.17) is 15.7 Å². The SMILES string of the molecule is NC(=O)CC[C@H](NO)C(=O)C(=O)OCC1c2ccccc2-c2ccccc21. The first-order valence-corrected chi connectivity index (χ1v) is 8.60. The molecule has 3 rings (SSSR count). The summed E-state index contributed by atoms with van der Waals surface area (Å²) in [6.45, 7) is 0.00652. The van der Waals surface area contributed by atoms with E-state index in [0.717, 1.165) is 22.3 Å². The summed E-state index contributed by atoms with van der Waals surface area (Å²) in [6, 6.07) is 14.5. The predicted octanol–water partition coefficient (Wildman–Crippen LogP) is 1.52. The van der Waals surface area contributed by atoms with Crippen LogP contribution in [0.1, 0.15) is 29.9 Å². The molecule has 0 fully saturated rings. The second kappa shape index (κ2) is 8.11. The lowest BCUT2D eigenvalue weighted by Crippen LogP contribution is -2.40. The monoisotopic (exact) mass is 368 g/mol. The van der Waals surface area contributed by atoms with Crippen LogP contribution in [-0.2, 0) is 19.1 Å². The number of carbonyl (C=O) groups is 3. The second-order valence-corrected chi connectivity index (χ2v) is 6.38. The van der Waals surface area contributed by atoms with Crippen molar-refractivity contribution in [3.8, 4) is 11.1 Å². The van der Waals surface area contributed by atoms with Gasteiger partial charge in [-0.2, -0.15) is 5.48 Å². The Morgan fingerprint density at radius 3 is 2.11 bits per heavy atom. The first kappa shape index (κ1) is 18.8. The molecule has 0 spiro atoms. The van der Waals surface area contributed by atoms with Gasteiger partial charge in [0.1, 0.15) is 12.6 Å². The molecule has 1 aliphatic carbocycles. The van der Waals surface area contributed by atoms with Crippen LogP contribution in [0.15, 0.2) is 48.5 Å². The Kier molecular flexibility index (Phi) is 5.63. The highest BCUT2D eigenvalue weighted by molar-refractivity contribution is 6.35. The maximum atomic E-state index is 12.1. The van der Waals surface area contributed by atoms with Crippen LogP contribution in [0.2, 0.25) is 0 Å². The third-order valence-electron chi connectivity index (χ3n) is 4.70. The Morgan fingerprint density at radius 1 is 1.04 bits per heavy atom. The minimum atomic E-state index is -1.23. The zero-order valence-corrected chi connectivity index (χ0v) is 14.6. The number of carbonyl (C=O) groups excluding carboxylic acids is 3. The van der Waals surface area contributed by atoms with Crippen molar-refractivity contribution in [2.45, 2.75) is 24.8 Å². The van der Waals surface area contributed by atoms with Gasteiger partial charge in [-0.1, -0.05) is 48.5 Å². The largest absolute Gasteiger partial charge is 0.459 e. The fourth-order valence-electron chi connectivity index (χ4n) is 3.35. The number of hydroxylamine groups is 1.